The van der Waals surface area contributed by atoms with Crippen molar-refractivity contribution in [3.8, 4) is 0 Å². The second-order valence-corrected chi connectivity index (χ2v) is 7.02. The Morgan fingerprint density at radius 1 is 1.31 bits per heavy atom. The minimum atomic E-state index is 0.514. The lowest BCUT2D eigenvalue weighted by Gasteiger charge is -2.19. The van der Waals surface area contributed by atoms with E-state index in [1.54, 1.807) is 4.88 Å². The number of nitrogens with zero attached hydrogens (tertiary/aromatic N) is 1. The first-order valence-electron chi connectivity index (χ1n) is 6.17. The first kappa shape index (κ1) is 11.1. The second-order valence-electron chi connectivity index (χ2n) is 4.60. The SMILES string of the molecule is CNC1CCCc2sc(C3CCCS3)nc21. The Hall–Kier alpha value is -0.0600. The molecule has 16 heavy (non-hydrogen) atoms. The van der Waals surface area contributed by atoms with Gasteiger partial charge in [-0.05, 0) is 44.9 Å². The van der Waals surface area contributed by atoms with Gasteiger partial charge in [0.1, 0.15) is 5.01 Å². The van der Waals surface area contributed by atoms with Crippen LogP contribution < -0.4 is 5.32 Å². The molecular weight excluding hydrogens is 236 g/mol. The number of thiazole rings is 1. The summed E-state index contributed by atoms with van der Waals surface area (Å²) in [5.74, 6) is 1.32. The summed E-state index contributed by atoms with van der Waals surface area (Å²) in [5, 5.41) is 5.50. The number of aromatic nitrogens is 1. The lowest BCUT2D eigenvalue weighted by molar-refractivity contribution is 0.489. The molecule has 2 aliphatic rings. The van der Waals surface area contributed by atoms with Gasteiger partial charge in [-0.25, -0.2) is 4.98 Å². The number of hydrogen-bond acceptors (Lipinski definition) is 4. The van der Waals surface area contributed by atoms with Gasteiger partial charge >= 0.3 is 0 Å². The van der Waals surface area contributed by atoms with Crippen molar-refractivity contribution in [2.45, 2.75) is 43.4 Å². The summed E-state index contributed by atoms with van der Waals surface area (Å²) in [6, 6.07) is 0.514. The minimum absolute atomic E-state index is 0.514. The van der Waals surface area contributed by atoms with Gasteiger partial charge in [0, 0.05) is 4.88 Å². The lowest BCUT2D eigenvalue weighted by Crippen LogP contribution is -2.21. The summed E-state index contributed by atoms with van der Waals surface area (Å²) in [6.45, 7) is 0. The summed E-state index contributed by atoms with van der Waals surface area (Å²) in [5.41, 5.74) is 1.36. The van der Waals surface area contributed by atoms with Crippen LogP contribution in [0.4, 0.5) is 0 Å². The maximum atomic E-state index is 4.92. The Labute approximate surface area is 105 Å². The molecule has 1 fully saturated rings. The molecule has 2 heterocycles. The van der Waals surface area contributed by atoms with Gasteiger partial charge in [-0.15, -0.1) is 11.3 Å². The Morgan fingerprint density at radius 3 is 3.00 bits per heavy atom. The highest BCUT2D eigenvalue weighted by Gasteiger charge is 2.27. The Bertz CT molecular complexity index is 369. The average molecular weight is 254 g/mol. The molecule has 0 radical (unpaired) electrons. The Morgan fingerprint density at radius 2 is 2.25 bits per heavy atom. The third-order valence-corrected chi connectivity index (χ3v) is 6.30. The van der Waals surface area contributed by atoms with E-state index in [4.69, 9.17) is 4.98 Å². The van der Waals surface area contributed by atoms with Crippen molar-refractivity contribution in [3.05, 3.63) is 15.6 Å². The number of hydrogen-bond donors (Lipinski definition) is 1. The minimum Gasteiger partial charge on any atom is -0.312 e. The molecule has 1 N–H and O–H groups in total. The smallest absolute Gasteiger partial charge is 0.106 e. The fourth-order valence-electron chi connectivity index (χ4n) is 2.63. The number of nitrogens with one attached hydrogen (secondary N) is 1. The molecular formula is C12H18N2S2. The Kier molecular flexibility index (Phi) is 3.22. The molecule has 3 rings (SSSR count). The van der Waals surface area contributed by atoms with Crippen LogP contribution in [0.3, 0.4) is 0 Å². The lowest BCUT2D eigenvalue weighted by atomic mass is 9.98. The number of aryl methyl sites for hydroxylation is 1. The van der Waals surface area contributed by atoms with Crippen molar-refractivity contribution in [2.24, 2.45) is 0 Å². The molecule has 0 amide bonds. The third-order valence-electron chi connectivity index (χ3n) is 3.52. The zero-order valence-corrected chi connectivity index (χ0v) is 11.3. The van der Waals surface area contributed by atoms with Gasteiger partial charge in [0.25, 0.3) is 0 Å². The molecule has 2 nitrogen and oxygen atoms in total. The van der Waals surface area contributed by atoms with Crippen LogP contribution in [0.15, 0.2) is 0 Å². The normalized spacial score (nSPS) is 29.3. The highest BCUT2D eigenvalue weighted by Crippen LogP contribution is 2.44. The van der Waals surface area contributed by atoms with Gasteiger partial charge in [-0.3, -0.25) is 0 Å². The molecule has 0 bridgehead atoms. The van der Waals surface area contributed by atoms with Gasteiger partial charge in [-0.2, -0.15) is 11.8 Å². The van der Waals surface area contributed by atoms with Crippen LogP contribution in [-0.2, 0) is 6.42 Å². The van der Waals surface area contributed by atoms with Gasteiger partial charge in [-0.1, -0.05) is 0 Å². The molecule has 0 saturated carbocycles. The molecule has 1 aromatic rings. The van der Waals surface area contributed by atoms with E-state index < -0.39 is 0 Å². The van der Waals surface area contributed by atoms with Crippen molar-refractivity contribution in [2.75, 3.05) is 12.8 Å². The zero-order chi connectivity index (χ0) is 11.0. The molecule has 88 valence electrons. The van der Waals surface area contributed by atoms with Crippen LogP contribution in [0.2, 0.25) is 0 Å². The van der Waals surface area contributed by atoms with E-state index in [9.17, 15) is 0 Å². The maximum Gasteiger partial charge on any atom is 0.106 e. The molecule has 1 aromatic heterocycles. The quantitative estimate of drug-likeness (QED) is 0.876. The molecule has 2 unspecified atom stereocenters. The van der Waals surface area contributed by atoms with Gasteiger partial charge in [0.05, 0.1) is 17.0 Å². The van der Waals surface area contributed by atoms with Crippen molar-refractivity contribution in [1.82, 2.24) is 10.3 Å². The molecule has 1 aliphatic carbocycles. The van der Waals surface area contributed by atoms with E-state index in [2.05, 4.69) is 24.1 Å². The van der Waals surface area contributed by atoms with Crippen molar-refractivity contribution < 1.29 is 0 Å². The van der Waals surface area contributed by atoms with E-state index in [1.165, 1.54) is 48.6 Å². The topological polar surface area (TPSA) is 24.9 Å². The Balaban J connectivity index is 1.89. The summed E-state index contributed by atoms with van der Waals surface area (Å²) in [6.07, 6.45) is 6.53. The van der Waals surface area contributed by atoms with Crippen LogP contribution in [-0.4, -0.2) is 17.8 Å². The van der Waals surface area contributed by atoms with Crippen LogP contribution in [0.5, 0.6) is 0 Å². The average Bonchev–Trinajstić information content (AvgIpc) is 2.96. The summed E-state index contributed by atoms with van der Waals surface area (Å²) in [7, 11) is 2.06. The summed E-state index contributed by atoms with van der Waals surface area (Å²) < 4.78 is 0. The van der Waals surface area contributed by atoms with Crippen LogP contribution in [0.1, 0.15) is 52.6 Å². The third kappa shape index (κ3) is 1.91. The summed E-state index contributed by atoms with van der Waals surface area (Å²) >= 11 is 4.07. The van der Waals surface area contributed by atoms with Gasteiger partial charge in [0.2, 0.25) is 0 Å². The van der Waals surface area contributed by atoms with Crippen LogP contribution in [0, 0.1) is 0 Å². The first-order valence-corrected chi connectivity index (χ1v) is 8.03. The molecule has 2 atom stereocenters. The summed E-state index contributed by atoms with van der Waals surface area (Å²) in [4.78, 5) is 6.47. The van der Waals surface area contributed by atoms with E-state index in [0.29, 0.717) is 11.3 Å². The second kappa shape index (κ2) is 4.67. The van der Waals surface area contributed by atoms with E-state index >= 15 is 0 Å². The predicted molar refractivity (Wildman–Crippen MR) is 71.3 cm³/mol. The largest absolute Gasteiger partial charge is 0.312 e. The van der Waals surface area contributed by atoms with E-state index in [1.807, 2.05) is 11.3 Å². The first-order chi connectivity index (χ1) is 7.88. The van der Waals surface area contributed by atoms with Gasteiger partial charge < -0.3 is 5.32 Å². The highest BCUT2D eigenvalue weighted by molar-refractivity contribution is 7.99. The highest BCUT2D eigenvalue weighted by atomic mass is 32.2. The zero-order valence-electron chi connectivity index (χ0n) is 9.66. The fraction of sp³-hybridized carbons (Fsp3) is 0.750. The molecule has 0 spiro atoms. The number of rotatable bonds is 2. The van der Waals surface area contributed by atoms with Crippen molar-refractivity contribution in [1.29, 1.82) is 0 Å². The molecule has 1 saturated heterocycles. The van der Waals surface area contributed by atoms with Crippen molar-refractivity contribution >= 4 is 23.1 Å². The van der Waals surface area contributed by atoms with Gasteiger partial charge in [0.15, 0.2) is 0 Å². The van der Waals surface area contributed by atoms with Crippen LogP contribution in [0.25, 0.3) is 0 Å². The molecule has 1 aliphatic heterocycles. The maximum absolute atomic E-state index is 4.92. The number of fused-ring (bicyclic) bond motifs is 1. The molecule has 4 heteroatoms. The van der Waals surface area contributed by atoms with E-state index in [-0.39, 0.29) is 0 Å². The monoisotopic (exact) mass is 254 g/mol. The standard InChI is InChI=1S/C12H18N2S2/c1-13-8-4-2-5-9-11(8)14-12(16-9)10-6-3-7-15-10/h8,10,13H,2-7H2,1H3. The number of thioether (sulfide) groups is 1. The predicted octanol–water partition coefficient (Wildman–Crippen LogP) is 3.31. The fourth-order valence-corrected chi connectivity index (χ4v) is 5.31. The van der Waals surface area contributed by atoms with E-state index in [0.717, 1.165) is 0 Å². The molecule has 0 aromatic carbocycles. The van der Waals surface area contributed by atoms with Crippen molar-refractivity contribution in [3.63, 3.8) is 0 Å². The van der Waals surface area contributed by atoms with Crippen LogP contribution >= 0.6 is 23.1 Å².